The van der Waals surface area contributed by atoms with Crippen LogP contribution in [0.1, 0.15) is 48.8 Å². The number of carbonyl (C=O) groups is 1. The van der Waals surface area contributed by atoms with Crippen molar-refractivity contribution in [1.82, 2.24) is 20.2 Å². The van der Waals surface area contributed by atoms with Gasteiger partial charge in [-0.25, -0.2) is 13.8 Å². The third-order valence-corrected chi connectivity index (χ3v) is 8.26. The average molecular weight is 586 g/mol. The fraction of sp³-hybridized carbons (Fsp3) is 0.364. The minimum Gasteiger partial charge on any atom is -0.401 e. The number of hydrogen-bond donors (Lipinski definition) is 3. The Morgan fingerprint density at radius 1 is 1.07 bits per heavy atom. The van der Waals surface area contributed by atoms with Crippen LogP contribution in [-0.2, 0) is 11.3 Å². The highest BCUT2D eigenvalue weighted by molar-refractivity contribution is 6.26. The van der Waals surface area contributed by atoms with E-state index in [-0.39, 0.29) is 18.9 Å². The number of halogens is 2. The first kappa shape index (κ1) is 28.8. The van der Waals surface area contributed by atoms with Gasteiger partial charge in [-0.2, -0.15) is 0 Å². The Morgan fingerprint density at radius 3 is 2.63 bits per heavy atom. The van der Waals surface area contributed by atoms with Crippen LogP contribution in [0.5, 0.6) is 0 Å². The van der Waals surface area contributed by atoms with Crippen LogP contribution in [0.15, 0.2) is 72.6 Å². The predicted molar refractivity (Wildman–Crippen MR) is 165 cm³/mol. The number of likely N-dealkylation sites (tertiary alicyclic amines) is 1. The van der Waals surface area contributed by atoms with Gasteiger partial charge in [0.25, 0.3) is 11.8 Å². The third kappa shape index (κ3) is 7.02. The van der Waals surface area contributed by atoms with Crippen molar-refractivity contribution >= 4 is 23.0 Å². The Kier molecular flexibility index (Phi) is 8.12. The van der Waals surface area contributed by atoms with Crippen molar-refractivity contribution in [1.29, 1.82) is 0 Å². The van der Waals surface area contributed by atoms with Crippen molar-refractivity contribution < 1.29 is 13.6 Å². The maximum absolute atomic E-state index is 13.9. The Hall–Kier alpha value is -4.31. The Morgan fingerprint density at radius 2 is 1.88 bits per heavy atom. The Balaban J connectivity index is 1.28. The second-order valence-corrected chi connectivity index (χ2v) is 11.7. The highest BCUT2D eigenvalue weighted by Crippen LogP contribution is 2.33. The maximum atomic E-state index is 13.9. The van der Waals surface area contributed by atoms with E-state index < -0.39 is 12.5 Å². The van der Waals surface area contributed by atoms with Crippen molar-refractivity contribution in [3.63, 3.8) is 0 Å². The minimum atomic E-state index is -2.75. The molecule has 0 radical (unpaired) electrons. The molecule has 0 bridgehead atoms. The molecule has 6 rings (SSSR count). The average Bonchev–Trinajstić information content (AvgIpc) is 3.73. The lowest BCUT2D eigenvalue weighted by molar-refractivity contribution is -0.111. The van der Waals surface area contributed by atoms with Crippen molar-refractivity contribution in [2.24, 2.45) is 5.73 Å². The Labute approximate surface area is 250 Å². The molecule has 3 aliphatic heterocycles. The molecule has 224 valence electrons. The minimum absolute atomic E-state index is 0.206. The van der Waals surface area contributed by atoms with Gasteiger partial charge in [0.2, 0.25) is 0 Å². The molecule has 0 aliphatic carbocycles. The summed E-state index contributed by atoms with van der Waals surface area (Å²) in [5, 5.41) is 6.01. The molecule has 8 nitrogen and oxygen atoms in total. The molecule has 5 heterocycles. The number of piperidine rings is 1. The van der Waals surface area contributed by atoms with E-state index in [1.165, 1.54) is 30.4 Å². The quantitative estimate of drug-likeness (QED) is 0.288. The van der Waals surface area contributed by atoms with Gasteiger partial charge in [-0.15, -0.1) is 0 Å². The summed E-state index contributed by atoms with van der Waals surface area (Å²) in [6, 6.07) is 11.5. The first-order chi connectivity index (χ1) is 20.7. The number of hydrogen-bond acceptors (Lipinski definition) is 7. The summed E-state index contributed by atoms with van der Waals surface area (Å²) in [4.78, 5) is 26.7. The van der Waals surface area contributed by atoms with Gasteiger partial charge in [-0.3, -0.25) is 14.7 Å². The second-order valence-electron chi connectivity index (χ2n) is 11.7. The maximum Gasteiger partial charge on any atom is 0.266 e. The number of benzene rings is 1. The molecule has 0 saturated carbocycles. The highest BCUT2D eigenvalue weighted by atomic mass is 19.3. The molecular formula is C33H37F2N7O. The molecule has 0 spiro atoms. The molecule has 1 amide bonds. The van der Waals surface area contributed by atoms with Crippen LogP contribution < -0.4 is 21.3 Å². The van der Waals surface area contributed by atoms with Gasteiger partial charge >= 0.3 is 0 Å². The molecule has 3 aromatic rings. The summed E-state index contributed by atoms with van der Waals surface area (Å²) in [5.74, 6) is -2.72. The van der Waals surface area contributed by atoms with Crippen molar-refractivity contribution in [3.8, 4) is 11.1 Å². The molecule has 1 aromatic carbocycles. The molecular weight excluding hydrogens is 548 g/mol. The van der Waals surface area contributed by atoms with Crippen LogP contribution in [0.2, 0.25) is 0 Å². The van der Waals surface area contributed by atoms with Gasteiger partial charge in [0.1, 0.15) is 5.82 Å². The van der Waals surface area contributed by atoms with E-state index in [1.807, 2.05) is 43.7 Å². The summed E-state index contributed by atoms with van der Waals surface area (Å²) in [6.07, 6.45) is 11.1. The van der Waals surface area contributed by atoms with Crippen LogP contribution in [-0.4, -0.2) is 52.9 Å². The summed E-state index contributed by atoms with van der Waals surface area (Å²) in [6.45, 7) is 4.85. The van der Waals surface area contributed by atoms with Crippen molar-refractivity contribution in [2.75, 3.05) is 36.4 Å². The zero-order chi connectivity index (χ0) is 30.0. The predicted octanol–water partition coefficient (Wildman–Crippen LogP) is 5.43. The van der Waals surface area contributed by atoms with Crippen LogP contribution in [0, 0.1) is 6.92 Å². The largest absolute Gasteiger partial charge is 0.401 e. The number of carbonyl (C=O) groups excluding carboxylic acids is 1. The molecule has 4 N–H and O–H groups in total. The molecule has 2 fully saturated rings. The van der Waals surface area contributed by atoms with Gasteiger partial charge in [0, 0.05) is 79.4 Å². The number of nitrogens with one attached hydrogen (secondary N) is 2. The summed E-state index contributed by atoms with van der Waals surface area (Å²) in [5.41, 5.74) is 13.5. The van der Waals surface area contributed by atoms with Gasteiger partial charge in [-0.1, -0.05) is 18.6 Å². The van der Waals surface area contributed by atoms with Gasteiger partial charge < -0.3 is 21.3 Å². The summed E-state index contributed by atoms with van der Waals surface area (Å²) >= 11 is 0. The number of rotatable bonds is 9. The smallest absolute Gasteiger partial charge is 0.266 e. The van der Waals surface area contributed by atoms with Crippen molar-refractivity contribution in [3.05, 3.63) is 89.3 Å². The fourth-order valence-corrected chi connectivity index (χ4v) is 5.86. The van der Waals surface area contributed by atoms with E-state index in [2.05, 4.69) is 31.6 Å². The first-order valence-electron chi connectivity index (χ1n) is 14.9. The standard InChI is InChI=1S/C33H37F2N7O/c1-22-5-6-24(25-13-23(17-37-18-25)20-41-10-3-2-4-11-41)14-28(22)31(29(36)15-27-19-39-27)32(43)40-26-7-9-38-30(16-26)42-12-8-33(34,35)21-42/h5-7,9,13-14,16-19,39H,2-4,8,10-12,15,20-21,36H2,1H3,(H,38,40,43). The molecule has 10 heteroatoms. The number of pyridine rings is 2. The van der Waals surface area contributed by atoms with Crippen LogP contribution >= 0.6 is 0 Å². The van der Waals surface area contributed by atoms with Gasteiger partial charge in [-0.05, 0) is 73.3 Å². The van der Waals surface area contributed by atoms with E-state index in [0.717, 1.165) is 53.1 Å². The zero-order valence-corrected chi connectivity index (χ0v) is 24.4. The van der Waals surface area contributed by atoms with Gasteiger partial charge in [0.15, 0.2) is 0 Å². The van der Waals surface area contributed by atoms with E-state index in [0.29, 0.717) is 29.2 Å². The zero-order valence-electron chi connectivity index (χ0n) is 24.4. The molecule has 3 aliphatic rings. The molecule has 43 heavy (non-hydrogen) atoms. The number of aryl methyl sites for hydroxylation is 1. The lowest BCUT2D eigenvalue weighted by Crippen LogP contribution is -2.29. The number of anilines is 2. The van der Waals surface area contributed by atoms with E-state index >= 15 is 0 Å². The second kappa shape index (κ2) is 12.1. The monoisotopic (exact) mass is 585 g/mol. The van der Waals surface area contributed by atoms with Gasteiger partial charge in [0.05, 0.1) is 12.1 Å². The topological polar surface area (TPSA) is 109 Å². The first-order valence-corrected chi connectivity index (χ1v) is 14.9. The molecule has 0 unspecified atom stereocenters. The van der Waals surface area contributed by atoms with Crippen LogP contribution in [0.3, 0.4) is 0 Å². The fourth-order valence-electron chi connectivity index (χ4n) is 5.86. The number of amides is 1. The van der Waals surface area contributed by atoms with E-state index in [4.69, 9.17) is 5.73 Å². The lowest BCUT2D eigenvalue weighted by Gasteiger charge is -2.26. The highest BCUT2D eigenvalue weighted by Gasteiger charge is 2.38. The number of aromatic nitrogens is 2. The SMILES string of the molecule is Cc1ccc(-c2cncc(CN3CCCCC3)c2)cc1C(C(=O)Nc1ccnc(N2CCC(F)(F)C2)c1)=C(N)CC1=CN1. The lowest BCUT2D eigenvalue weighted by atomic mass is 9.93. The number of alkyl halides is 2. The third-order valence-electron chi connectivity index (χ3n) is 8.26. The van der Waals surface area contributed by atoms with Crippen LogP contribution in [0.25, 0.3) is 16.7 Å². The van der Waals surface area contributed by atoms with Crippen molar-refractivity contribution in [2.45, 2.75) is 51.5 Å². The van der Waals surface area contributed by atoms with E-state index in [9.17, 15) is 13.6 Å². The summed E-state index contributed by atoms with van der Waals surface area (Å²) < 4.78 is 27.7. The molecule has 0 atom stereocenters. The molecule has 2 aromatic heterocycles. The summed E-state index contributed by atoms with van der Waals surface area (Å²) in [7, 11) is 0. The van der Waals surface area contributed by atoms with Crippen LogP contribution in [0.4, 0.5) is 20.3 Å². The number of nitrogens with two attached hydrogens (primary N) is 1. The Bertz CT molecular complexity index is 1580. The number of nitrogens with zero attached hydrogens (tertiary/aromatic N) is 4. The van der Waals surface area contributed by atoms with E-state index in [1.54, 1.807) is 12.1 Å². The normalized spacial score (nSPS) is 18.5. The molecule has 2 saturated heterocycles.